The number of aliphatic hydroxyl groups is 1. The van der Waals surface area contributed by atoms with Crippen LogP contribution in [0.5, 0.6) is 0 Å². The van der Waals surface area contributed by atoms with Crippen molar-refractivity contribution in [3.05, 3.63) is 0 Å². The molecule has 0 heterocycles. The number of carbonyl (C=O) groups excluding carboxylic acids is 1. The molecule has 0 unspecified atom stereocenters. The summed E-state index contributed by atoms with van der Waals surface area (Å²) in [7, 11) is 0. The minimum absolute atomic E-state index is 0.105. The van der Waals surface area contributed by atoms with Crippen molar-refractivity contribution >= 4 is 6.09 Å². The molecule has 1 amide bonds. The van der Waals surface area contributed by atoms with E-state index in [2.05, 4.69) is 5.32 Å². The minimum atomic E-state index is -0.462. The number of aliphatic hydroxyl groups excluding tert-OH is 1. The van der Waals surface area contributed by atoms with Gasteiger partial charge in [0.15, 0.2) is 0 Å². The Morgan fingerprint density at radius 3 is 2.59 bits per heavy atom. The van der Waals surface area contributed by atoms with Crippen LogP contribution in [0.3, 0.4) is 0 Å². The van der Waals surface area contributed by atoms with Gasteiger partial charge in [0.05, 0.1) is 0 Å². The van der Waals surface area contributed by atoms with E-state index in [1.807, 2.05) is 20.8 Å². The second-order valence-electron chi connectivity index (χ2n) is 6.35. The molecule has 2 N–H and O–H groups in total. The topological polar surface area (TPSA) is 58.6 Å². The van der Waals surface area contributed by atoms with Crippen LogP contribution in [0.4, 0.5) is 4.79 Å². The van der Waals surface area contributed by atoms with E-state index in [9.17, 15) is 9.90 Å². The highest BCUT2D eigenvalue weighted by Gasteiger charge is 2.48. The van der Waals surface area contributed by atoms with Crippen molar-refractivity contribution in [1.29, 1.82) is 0 Å². The van der Waals surface area contributed by atoms with Crippen LogP contribution in [-0.2, 0) is 4.74 Å². The Hall–Kier alpha value is -0.770. The second-order valence-corrected chi connectivity index (χ2v) is 6.35. The summed E-state index contributed by atoms with van der Waals surface area (Å²) in [5, 5.41) is 12.4. The molecule has 0 radical (unpaired) electrons. The summed E-state index contributed by atoms with van der Waals surface area (Å²) in [6.45, 7) is 5.74. The average molecular weight is 241 g/mol. The average Bonchev–Trinajstić information content (AvgIpc) is 2.74. The Morgan fingerprint density at radius 2 is 2.00 bits per heavy atom. The number of hydrogen-bond donors (Lipinski definition) is 2. The lowest BCUT2D eigenvalue weighted by Crippen LogP contribution is -2.47. The van der Waals surface area contributed by atoms with Crippen LogP contribution in [-0.4, -0.2) is 29.4 Å². The highest BCUT2D eigenvalue weighted by Crippen LogP contribution is 2.48. The first-order valence-corrected chi connectivity index (χ1v) is 6.51. The number of rotatable bonds is 2. The molecular weight excluding hydrogens is 218 g/mol. The van der Waals surface area contributed by atoms with E-state index in [0.29, 0.717) is 11.8 Å². The monoisotopic (exact) mass is 241 g/mol. The van der Waals surface area contributed by atoms with Crippen molar-refractivity contribution in [2.45, 2.75) is 51.7 Å². The maximum atomic E-state index is 11.7. The molecule has 98 valence electrons. The van der Waals surface area contributed by atoms with Crippen molar-refractivity contribution in [1.82, 2.24) is 5.32 Å². The molecule has 17 heavy (non-hydrogen) atoms. The van der Waals surface area contributed by atoms with Crippen molar-refractivity contribution in [3.63, 3.8) is 0 Å². The maximum absolute atomic E-state index is 11.7. The zero-order chi connectivity index (χ0) is 12.6. The van der Waals surface area contributed by atoms with E-state index in [-0.39, 0.29) is 24.7 Å². The molecule has 0 spiro atoms. The molecule has 2 aliphatic carbocycles. The van der Waals surface area contributed by atoms with E-state index in [1.165, 1.54) is 12.8 Å². The maximum Gasteiger partial charge on any atom is 0.407 e. The molecule has 0 aliphatic heterocycles. The lowest BCUT2D eigenvalue weighted by atomic mass is 9.85. The van der Waals surface area contributed by atoms with Gasteiger partial charge in [-0.2, -0.15) is 0 Å². The summed E-state index contributed by atoms with van der Waals surface area (Å²) in [4.78, 5) is 11.7. The van der Waals surface area contributed by atoms with Crippen molar-refractivity contribution < 1.29 is 14.6 Å². The third-order valence-electron chi connectivity index (χ3n) is 3.98. The van der Waals surface area contributed by atoms with Gasteiger partial charge in [-0.1, -0.05) is 0 Å². The van der Waals surface area contributed by atoms with Crippen LogP contribution in [0.25, 0.3) is 0 Å². The van der Waals surface area contributed by atoms with E-state index in [1.54, 1.807) is 0 Å². The second kappa shape index (κ2) is 4.48. The molecule has 0 aromatic rings. The van der Waals surface area contributed by atoms with Crippen LogP contribution >= 0.6 is 0 Å². The van der Waals surface area contributed by atoms with Gasteiger partial charge in [0.25, 0.3) is 0 Å². The Bertz CT molecular complexity index is 298. The number of nitrogens with one attached hydrogen (secondary N) is 1. The highest BCUT2D eigenvalue weighted by molar-refractivity contribution is 5.68. The molecule has 0 aromatic carbocycles. The summed E-state index contributed by atoms with van der Waals surface area (Å²) < 4.78 is 5.27. The van der Waals surface area contributed by atoms with Gasteiger partial charge in [0.2, 0.25) is 0 Å². The fourth-order valence-corrected chi connectivity index (χ4v) is 3.34. The number of carbonyl (C=O) groups is 1. The van der Waals surface area contributed by atoms with Gasteiger partial charge in [-0.15, -0.1) is 0 Å². The lowest BCUT2D eigenvalue weighted by Gasteiger charge is -2.31. The Morgan fingerprint density at radius 1 is 1.35 bits per heavy atom. The van der Waals surface area contributed by atoms with Gasteiger partial charge in [0.1, 0.15) is 5.60 Å². The standard InChI is InChI=1S/C13H23NO3/c1-13(2,3)17-12(16)14-11-9-5-4-8(6-9)10(11)7-15/h8-11,15H,4-7H2,1-3H3,(H,14,16)/t8-,9-,10+,11-/m0/s1. The zero-order valence-electron chi connectivity index (χ0n) is 10.9. The molecule has 2 fully saturated rings. The number of ether oxygens (including phenoxy) is 1. The van der Waals surface area contributed by atoms with Crippen LogP contribution in [0, 0.1) is 17.8 Å². The van der Waals surface area contributed by atoms with Gasteiger partial charge in [-0.25, -0.2) is 4.79 Å². The van der Waals surface area contributed by atoms with E-state index in [0.717, 1.165) is 6.42 Å². The number of alkyl carbamates (subject to hydrolysis) is 1. The number of amides is 1. The molecule has 2 rings (SSSR count). The Labute approximate surface area is 103 Å². The Balaban J connectivity index is 1.92. The van der Waals surface area contributed by atoms with Gasteiger partial charge < -0.3 is 15.2 Å². The van der Waals surface area contributed by atoms with Gasteiger partial charge in [-0.05, 0) is 51.9 Å². The summed E-state index contributed by atoms with van der Waals surface area (Å²) in [5.41, 5.74) is -0.462. The van der Waals surface area contributed by atoms with Crippen molar-refractivity contribution in [2.24, 2.45) is 17.8 Å². The lowest BCUT2D eigenvalue weighted by molar-refractivity contribution is 0.0437. The van der Waals surface area contributed by atoms with Crippen LogP contribution in [0.15, 0.2) is 0 Å². The van der Waals surface area contributed by atoms with E-state index >= 15 is 0 Å². The number of fused-ring (bicyclic) bond motifs is 2. The third kappa shape index (κ3) is 2.73. The van der Waals surface area contributed by atoms with E-state index in [4.69, 9.17) is 4.74 Å². The van der Waals surface area contributed by atoms with Gasteiger partial charge in [0, 0.05) is 18.6 Å². The van der Waals surface area contributed by atoms with Crippen molar-refractivity contribution in [3.8, 4) is 0 Å². The molecule has 4 nitrogen and oxygen atoms in total. The first kappa shape index (κ1) is 12.7. The quantitative estimate of drug-likeness (QED) is 0.776. The van der Waals surface area contributed by atoms with Crippen LogP contribution in [0.1, 0.15) is 40.0 Å². The fraction of sp³-hybridized carbons (Fsp3) is 0.923. The largest absolute Gasteiger partial charge is 0.444 e. The summed E-state index contributed by atoms with van der Waals surface area (Å²) >= 11 is 0. The molecule has 0 saturated heterocycles. The Kier molecular flexibility index (Phi) is 3.34. The molecule has 0 aromatic heterocycles. The summed E-state index contributed by atoms with van der Waals surface area (Å²) in [6, 6.07) is 0.105. The van der Waals surface area contributed by atoms with E-state index < -0.39 is 5.60 Å². The molecule has 2 bridgehead atoms. The van der Waals surface area contributed by atoms with Crippen LogP contribution < -0.4 is 5.32 Å². The zero-order valence-corrected chi connectivity index (χ0v) is 10.9. The summed E-state index contributed by atoms with van der Waals surface area (Å²) in [6.07, 6.45) is 3.16. The fourth-order valence-electron chi connectivity index (χ4n) is 3.34. The molecule has 4 atom stereocenters. The highest BCUT2D eigenvalue weighted by atomic mass is 16.6. The minimum Gasteiger partial charge on any atom is -0.444 e. The summed E-state index contributed by atoms with van der Waals surface area (Å²) in [5.74, 6) is 1.34. The van der Waals surface area contributed by atoms with Gasteiger partial charge in [-0.3, -0.25) is 0 Å². The normalized spacial score (nSPS) is 36.0. The number of hydrogen-bond acceptors (Lipinski definition) is 3. The first-order chi connectivity index (χ1) is 7.90. The SMILES string of the molecule is CC(C)(C)OC(=O)N[C@H]1[C@H]2CC[C@@H](C2)[C@H]1CO. The van der Waals surface area contributed by atoms with Gasteiger partial charge >= 0.3 is 6.09 Å². The van der Waals surface area contributed by atoms with Crippen molar-refractivity contribution in [2.75, 3.05) is 6.61 Å². The molecule has 2 saturated carbocycles. The predicted molar refractivity (Wildman–Crippen MR) is 64.6 cm³/mol. The molecule has 2 aliphatic rings. The first-order valence-electron chi connectivity index (χ1n) is 6.51. The predicted octanol–water partition coefficient (Wildman–Crippen LogP) is 1.92. The van der Waals surface area contributed by atoms with Crippen LogP contribution in [0.2, 0.25) is 0 Å². The molecular formula is C13H23NO3. The third-order valence-corrected chi connectivity index (χ3v) is 3.98. The molecule has 4 heteroatoms. The smallest absolute Gasteiger partial charge is 0.407 e.